The smallest absolute Gasteiger partial charge is 0.104 e. The third-order valence-corrected chi connectivity index (χ3v) is 8.82. The molecule has 0 heterocycles. The molecular weight excluding hydrogens is 494 g/mol. The van der Waals surface area contributed by atoms with Gasteiger partial charge in [0.05, 0.1) is 19.6 Å². The van der Waals surface area contributed by atoms with Crippen molar-refractivity contribution in [2.45, 2.75) is 181 Å². The van der Waals surface area contributed by atoms with E-state index in [1.807, 2.05) is 0 Å². The highest BCUT2D eigenvalue weighted by Crippen LogP contribution is 2.22. The number of benzene rings is 1. The summed E-state index contributed by atoms with van der Waals surface area (Å²) < 4.78 is 1.35. The van der Waals surface area contributed by atoms with Gasteiger partial charge in [-0.2, -0.15) is 0 Å². The second-order valence-corrected chi connectivity index (χ2v) is 12.6. The van der Waals surface area contributed by atoms with Crippen LogP contribution in [0.2, 0.25) is 0 Å². The maximum atomic E-state index is 2.39. The molecule has 0 N–H and O–H groups in total. The molecule has 39 heavy (non-hydrogen) atoms. The average Bonchev–Trinajstić information content (AvgIpc) is 2.93. The molecule has 230 valence electrons. The first-order chi connectivity index (χ1) is 18.8. The summed E-state index contributed by atoms with van der Waals surface area (Å²) in [4.78, 5) is 0. The molecule has 0 amide bonds. The minimum Gasteiger partial charge on any atom is -1.00 e. The number of nitrogens with zero attached hydrogens (tertiary/aromatic N) is 1. The monoisotopic (exact) mass is 564 g/mol. The highest BCUT2D eigenvalue weighted by molar-refractivity contribution is 5.13. The van der Waals surface area contributed by atoms with Crippen LogP contribution in [0.15, 0.2) is 30.3 Å². The van der Waals surface area contributed by atoms with Crippen molar-refractivity contribution >= 4 is 0 Å². The SMILES string of the molecule is CCCCCCCCCC[N+](CCCCCCCCCC)(CCCCCCCCCC)Cc1ccccc1.[Cl-]. The van der Waals surface area contributed by atoms with Crippen molar-refractivity contribution < 1.29 is 16.9 Å². The molecule has 0 aliphatic carbocycles. The van der Waals surface area contributed by atoms with Gasteiger partial charge in [0.15, 0.2) is 0 Å². The Morgan fingerprint density at radius 3 is 0.974 bits per heavy atom. The highest BCUT2D eigenvalue weighted by Gasteiger charge is 2.26. The Bertz CT molecular complexity index is 536. The number of quaternary nitrogens is 1. The third kappa shape index (κ3) is 22.8. The largest absolute Gasteiger partial charge is 1.00 e. The molecule has 0 saturated carbocycles. The molecule has 2 heteroatoms. The van der Waals surface area contributed by atoms with E-state index < -0.39 is 0 Å². The van der Waals surface area contributed by atoms with E-state index >= 15 is 0 Å². The van der Waals surface area contributed by atoms with E-state index in [1.165, 1.54) is 185 Å². The van der Waals surface area contributed by atoms with E-state index in [2.05, 4.69) is 51.1 Å². The first-order valence-electron chi connectivity index (χ1n) is 17.7. The molecule has 0 bridgehead atoms. The quantitative estimate of drug-likeness (QED) is 0.0672. The highest BCUT2D eigenvalue weighted by atomic mass is 35.5. The third-order valence-electron chi connectivity index (χ3n) is 8.82. The number of hydrogen-bond acceptors (Lipinski definition) is 0. The van der Waals surface area contributed by atoms with Crippen LogP contribution in [0.5, 0.6) is 0 Å². The number of halogens is 1. The molecule has 0 unspecified atom stereocenters. The molecule has 0 aromatic heterocycles. The van der Waals surface area contributed by atoms with Gasteiger partial charge in [-0.1, -0.05) is 167 Å². The molecule has 0 aliphatic heterocycles. The zero-order chi connectivity index (χ0) is 27.4. The molecule has 0 fully saturated rings. The van der Waals surface area contributed by atoms with Crippen molar-refractivity contribution in [3.63, 3.8) is 0 Å². The maximum absolute atomic E-state index is 2.39. The predicted molar refractivity (Wildman–Crippen MR) is 173 cm³/mol. The summed E-state index contributed by atoms with van der Waals surface area (Å²) in [6.07, 6.45) is 34.3. The van der Waals surface area contributed by atoms with Crippen LogP contribution < -0.4 is 12.4 Å². The number of unbranched alkanes of at least 4 members (excludes halogenated alkanes) is 21. The van der Waals surface area contributed by atoms with Gasteiger partial charge in [-0.25, -0.2) is 0 Å². The summed E-state index contributed by atoms with van der Waals surface area (Å²) in [5, 5.41) is 0. The number of rotatable bonds is 29. The van der Waals surface area contributed by atoms with Crippen LogP contribution in [0, 0.1) is 0 Å². The molecular formula is C37H70ClN. The van der Waals surface area contributed by atoms with Crippen molar-refractivity contribution in [2.24, 2.45) is 0 Å². The van der Waals surface area contributed by atoms with Crippen molar-refractivity contribution in [3.05, 3.63) is 35.9 Å². The van der Waals surface area contributed by atoms with Gasteiger partial charge in [-0.3, -0.25) is 0 Å². The molecule has 0 aliphatic rings. The lowest BCUT2D eigenvalue weighted by molar-refractivity contribution is -0.941. The Labute approximate surface area is 253 Å². The Balaban J connectivity index is 0.0000144. The van der Waals surface area contributed by atoms with Crippen LogP contribution in [0.4, 0.5) is 0 Å². The Morgan fingerprint density at radius 1 is 0.385 bits per heavy atom. The molecule has 1 nitrogen and oxygen atoms in total. The van der Waals surface area contributed by atoms with Crippen LogP contribution in [0.1, 0.15) is 180 Å². The second kappa shape index (κ2) is 29.0. The van der Waals surface area contributed by atoms with Gasteiger partial charge in [-0.15, -0.1) is 0 Å². The van der Waals surface area contributed by atoms with Crippen LogP contribution >= 0.6 is 0 Å². The minimum atomic E-state index is 0. The van der Waals surface area contributed by atoms with Gasteiger partial charge < -0.3 is 16.9 Å². The summed E-state index contributed by atoms with van der Waals surface area (Å²) >= 11 is 0. The normalized spacial score (nSPS) is 11.6. The molecule has 1 rings (SSSR count). The summed E-state index contributed by atoms with van der Waals surface area (Å²) in [6, 6.07) is 11.5. The van der Waals surface area contributed by atoms with Crippen molar-refractivity contribution in [1.82, 2.24) is 0 Å². The first-order valence-corrected chi connectivity index (χ1v) is 17.7. The maximum Gasteiger partial charge on any atom is 0.104 e. The van der Waals surface area contributed by atoms with Crippen LogP contribution in [0.3, 0.4) is 0 Å². The Kier molecular flexibility index (Phi) is 28.6. The fraction of sp³-hybridized carbons (Fsp3) is 0.838. The minimum absolute atomic E-state index is 0. The lowest BCUT2D eigenvalue weighted by atomic mass is 10.0. The molecule has 0 spiro atoms. The van der Waals surface area contributed by atoms with Gasteiger partial charge in [0.25, 0.3) is 0 Å². The van der Waals surface area contributed by atoms with Gasteiger partial charge in [0.2, 0.25) is 0 Å². The van der Waals surface area contributed by atoms with E-state index in [0.717, 1.165) is 0 Å². The molecule has 0 radical (unpaired) electrons. The van der Waals surface area contributed by atoms with E-state index in [1.54, 1.807) is 5.56 Å². The molecule has 0 atom stereocenters. The van der Waals surface area contributed by atoms with Gasteiger partial charge in [0.1, 0.15) is 6.54 Å². The summed E-state index contributed by atoms with van der Waals surface area (Å²) in [5.74, 6) is 0. The molecule has 1 aromatic rings. The van der Waals surface area contributed by atoms with E-state index in [9.17, 15) is 0 Å². The van der Waals surface area contributed by atoms with Crippen LogP contribution in [0.25, 0.3) is 0 Å². The van der Waals surface area contributed by atoms with Crippen molar-refractivity contribution in [2.75, 3.05) is 19.6 Å². The zero-order valence-electron chi connectivity index (χ0n) is 27.0. The topological polar surface area (TPSA) is 0 Å². The standard InChI is InChI=1S/C37H70N.ClH/c1-4-7-10-13-16-19-22-28-33-38(36-37-31-26-25-27-32-37,34-29-23-20-17-14-11-8-5-2)35-30-24-21-18-15-12-9-6-3;/h25-27,31-32H,4-24,28-30,33-36H2,1-3H3;1H/q+1;/p-1. The van der Waals surface area contributed by atoms with Gasteiger partial charge >= 0.3 is 0 Å². The van der Waals surface area contributed by atoms with E-state index in [0.29, 0.717) is 0 Å². The Hall–Kier alpha value is -0.530. The van der Waals surface area contributed by atoms with E-state index in [-0.39, 0.29) is 12.4 Å². The molecule has 0 saturated heterocycles. The summed E-state index contributed by atoms with van der Waals surface area (Å²) in [7, 11) is 0. The van der Waals surface area contributed by atoms with Crippen LogP contribution in [-0.4, -0.2) is 24.1 Å². The van der Waals surface area contributed by atoms with Gasteiger partial charge in [-0.05, 0) is 38.5 Å². The van der Waals surface area contributed by atoms with Gasteiger partial charge in [0, 0.05) is 5.56 Å². The average molecular weight is 564 g/mol. The summed E-state index contributed by atoms with van der Waals surface area (Å²) in [6.45, 7) is 12.4. The van der Waals surface area contributed by atoms with Crippen LogP contribution in [-0.2, 0) is 6.54 Å². The molecule has 1 aromatic carbocycles. The lowest BCUT2D eigenvalue weighted by Gasteiger charge is -2.39. The second-order valence-electron chi connectivity index (χ2n) is 12.6. The predicted octanol–water partition coefficient (Wildman–Crippen LogP) is 9.43. The number of hydrogen-bond donors (Lipinski definition) is 0. The van der Waals surface area contributed by atoms with Crippen molar-refractivity contribution in [1.29, 1.82) is 0 Å². The zero-order valence-corrected chi connectivity index (χ0v) is 27.8. The van der Waals surface area contributed by atoms with Crippen molar-refractivity contribution in [3.8, 4) is 0 Å². The van der Waals surface area contributed by atoms with E-state index in [4.69, 9.17) is 0 Å². The first kappa shape index (κ1) is 38.5. The fourth-order valence-electron chi connectivity index (χ4n) is 6.29. The lowest BCUT2D eigenvalue weighted by Crippen LogP contribution is -3.00. The fourth-order valence-corrected chi connectivity index (χ4v) is 6.29. The Morgan fingerprint density at radius 2 is 0.667 bits per heavy atom. The summed E-state index contributed by atoms with van der Waals surface area (Å²) in [5.41, 5.74) is 1.56.